The van der Waals surface area contributed by atoms with Crippen LogP contribution in [0.2, 0.25) is 0 Å². The van der Waals surface area contributed by atoms with Crippen LogP contribution in [0.15, 0.2) is 10.7 Å². The van der Waals surface area contributed by atoms with Crippen molar-refractivity contribution in [3.63, 3.8) is 0 Å². The summed E-state index contributed by atoms with van der Waals surface area (Å²) in [5, 5.41) is 11.7. The van der Waals surface area contributed by atoms with Crippen LogP contribution in [0, 0.1) is 22.7 Å². The summed E-state index contributed by atoms with van der Waals surface area (Å²) >= 11 is 0. The molecule has 1 N–H and O–H groups in total. The molecule has 2 saturated carbocycles. The van der Waals surface area contributed by atoms with Crippen LogP contribution in [-0.2, 0) is 29.2 Å². The van der Waals surface area contributed by atoms with Crippen LogP contribution in [0.5, 0.6) is 0 Å². The lowest BCUT2D eigenvalue weighted by molar-refractivity contribution is -0.213. The summed E-state index contributed by atoms with van der Waals surface area (Å²) in [5.74, 6) is -1.34. The maximum absolute atomic E-state index is 13.1. The summed E-state index contributed by atoms with van der Waals surface area (Å²) in [6.45, 7) is 7.46. The zero-order valence-electron chi connectivity index (χ0n) is 19.1. The van der Waals surface area contributed by atoms with Gasteiger partial charge in [-0.15, -0.1) is 0 Å². The number of rotatable bonds is 3. The van der Waals surface area contributed by atoms with Gasteiger partial charge in [-0.25, -0.2) is 4.79 Å². The minimum atomic E-state index is -1.04. The lowest BCUT2D eigenvalue weighted by Crippen LogP contribution is -2.67. The van der Waals surface area contributed by atoms with E-state index in [0.29, 0.717) is 30.6 Å². The predicted octanol–water partition coefficient (Wildman–Crippen LogP) is 2.71. The molecule has 0 saturated heterocycles. The SMILES string of the molecule is COCC1OC(=O)c2coc3c2C1(C)C1C(OC(C)=O)CC2(C)C(=O)CCC2(C)C1C3O. The molecule has 8 atom stereocenters. The fourth-order valence-corrected chi connectivity index (χ4v) is 7.59. The van der Waals surface area contributed by atoms with Gasteiger partial charge in [-0.1, -0.05) is 20.8 Å². The van der Waals surface area contributed by atoms with E-state index in [4.69, 9.17) is 18.6 Å². The highest BCUT2D eigenvalue weighted by molar-refractivity contribution is 5.93. The molecule has 8 nitrogen and oxygen atoms in total. The minimum absolute atomic E-state index is 0.127. The summed E-state index contributed by atoms with van der Waals surface area (Å²) in [5.41, 5.74) is -1.23. The number of ether oxygens (including phenoxy) is 3. The van der Waals surface area contributed by atoms with Crippen LogP contribution < -0.4 is 0 Å². The number of aliphatic hydroxyl groups excluding tert-OH is 1. The van der Waals surface area contributed by atoms with Crippen molar-refractivity contribution in [1.29, 1.82) is 0 Å². The molecule has 0 aromatic carbocycles. The van der Waals surface area contributed by atoms with Gasteiger partial charge in [0.05, 0.1) is 6.61 Å². The first-order valence-corrected chi connectivity index (χ1v) is 11.2. The number of carbonyl (C=O) groups is 3. The largest absolute Gasteiger partial charge is 0.465 e. The third-order valence-corrected chi connectivity index (χ3v) is 9.31. The van der Waals surface area contributed by atoms with Gasteiger partial charge in [0.2, 0.25) is 0 Å². The highest BCUT2D eigenvalue weighted by Crippen LogP contribution is 2.71. The number of aliphatic hydroxyl groups is 1. The van der Waals surface area contributed by atoms with E-state index in [2.05, 4.69) is 6.92 Å². The van der Waals surface area contributed by atoms with Crippen molar-refractivity contribution in [2.45, 2.75) is 70.7 Å². The normalized spacial score (nSPS) is 44.4. The Hall–Kier alpha value is -2.19. The molecule has 2 heterocycles. The molecule has 3 aliphatic carbocycles. The minimum Gasteiger partial charge on any atom is -0.465 e. The van der Waals surface area contributed by atoms with Crippen molar-refractivity contribution in [1.82, 2.24) is 0 Å². The van der Waals surface area contributed by atoms with E-state index in [1.165, 1.54) is 20.3 Å². The molecule has 5 rings (SSSR count). The van der Waals surface area contributed by atoms with E-state index in [0.717, 1.165) is 0 Å². The van der Waals surface area contributed by atoms with Crippen molar-refractivity contribution in [2.75, 3.05) is 13.7 Å². The Kier molecular flexibility index (Phi) is 4.51. The Morgan fingerprint density at radius 3 is 2.62 bits per heavy atom. The van der Waals surface area contributed by atoms with Crippen molar-refractivity contribution < 1.29 is 38.1 Å². The third-order valence-electron chi connectivity index (χ3n) is 9.31. The second-order valence-electron chi connectivity index (χ2n) is 10.5. The number of ketones is 1. The van der Waals surface area contributed by atoms with Crippen LogP contribution in [-0.4, -0.2) is 48.8 Å². The summed E-state index contributed by atoms with van der Waals surface area (Å²) in [7, 11) is 1.54. The first kappa shape index (κ1) is 21.6. The molecule has 1 aromatic heterocycles. The Morgan fingerprint density at radius 1 is 1.25 bits per heavy atom. The van der Waals surface area contributed by atoms with Crippen molar-refractivity contribution in [3.05, 3.63) is 23.2 Å². The van der Waals surface area contributed by atoms with Gasteiger partial charge in [-0.2, -0.15) is 0 Å². The molecule has 1 aromatic rings. The molecule has 0 radical (unpaired) electrons. The average molecular weight is 446 g/mol. The van der Waals surface area contributed by atoms with E-state index in [9.17, 15) is 19.5 Å². The number of cyclic esters (lactones) is 1. The molecule has 0 spiro atoms. The van der Waals surface area contributed by atoms with Crippen molar-refractivity contribution >= 4 is 17.7 Å². The predicted molar refractivity (Wildman–Crippen MR) is 110 cm³/mol. The zero-order chi connectivity index (χ0) is 23.2. The average Bonchev–Trinajstić information content (AvgIpc) is 3.26. The Bertz CT molecular complexity index is 1010. The summed E-state index contributed by atoms with van der Waals surface area (Å²) < 4.78 is 22.9. The Labute approximate surface area is 186 Å². The van der Waals surface area contributed by atoms with Gasteiger partial charge in [0.1, 0.15) is 41.7 Å². The van der Waals surface area contributed by atoms with E-state index < -0.39 is 58.3 Å². The highest BCUT2D eigenvalue weighted by atomic mass is 16.6. The number of carbonyl (C=O) groups excluding carboxylic acids is 3. The fourth-order valence-electron chi connectivity index (χ4n) is 7.59. The summed E-state index contributed by atoms with van der Waals surface area (Å²) in [4.78, 5) is 38.0. The number of hydrogen-bond donors (Lipinski definition) is 1. The lowest BCUT2D eigenvalue weighted by Gasteiger charge is -2.63. The molecule has 8 heteroatoms. The van der Waals surface area contributed by atoms with Gasteiger partial charge in [-0.3, -0.25) is 9.59 Å². The van der Waals surface area contributed by atoms with E-state index in [1.807, 2.05) is 13.8 Å². The zero-order valence-corrected chi connectivity index (χ0v) is 19.1. The van der Waals surface area contributed by atoms with Gasteiger partial charge in [0.15, 0.2) is 0 Å². The van der Waals surface area contributed by atoms with Crippen molar-refractivity contribution in [3.8, 4) is 0 Å². The first-order valence-electron chi connectivity index (χ1n) is 11.2. The maximum Gasteiger partial charge on any atom is 0.342 e. The highest BCUT2D eigenvalue weighted by Gasteiger charge is 2.73. The molecule has 0 bridgehead atoms. The van der Waals surface area contributed by atoms with Crippen LogP contribution in [0.4, 0.5) is 0 Å². The number of Topliss-reactive ketones (excluding diaryl/α,β-unsaturated/α-hetero) is 1. The van der Waals surface area contributed by atoms with Crippen LogP contribution >= 0.6 is 0 Å². The first-order chi connectivity index (χ1) is 15.0. The van der Waals surface area contributed by atoms with Gasteiger partial charge < -0.3 is 23.7 Å². The van der Waals surface area contributed by atoms with Crippen LogP contribution in [0.3, 0.4) is 0 Å². The molecule has 4 aliphatic rings. The Morgan fingerprint density at radius 2 is 1.97 bits per heavy atom. The number of methoxy groups -OCH3 is 1. The van der Waals surface area contributed by atoms with Crippen LogP contribution in [0.1, 0.15) is 74.7 Å². The fraction of sp³-hybridized carbons (Fsp3) is 0.708. The Balaban J connectivity index is 1.79. The van der Waals surface area contributed by atoms with Gasteiger partial charge >= 0.3 is 11.9 Å². The molecular weight excluding hydrogens is 416 g/mol. The number of furan rings is 1. The number of fused-ring (bicyclic) bond motifs is 4. The van der Waals surface area contributed by atoms with Gasteiger partial charge in [0, 0.05) is 48.7 Å². The lowest BCUT2D eigenvalue weighted by atomic mass is 9.42. The third kappa shape index (κ3) is 2.37. The molecule has 174 valence electrons. The standard InChI is InChI=1S/C24H30O8/c1-11(25)31-13-8-23(3)14(26)6-7-22(23,2)18-17(13)24(4)15(10-29-5)32-21(28)12-9-30-20(16(12)24)19(18)27/h9,13,15,17-19,27H,6-8,10H2,1-5H3. The van der Waals surface area contributed by atoms with Crippen molar-refractivity contribution in [2.24, 2.45) is 22.7 Å². The number of esters is 2. The van der Waals surface area contributed by atoms with Gasteiger partial charge in [-0.05, 0) is 18.3 Å². The topological polar surface area (TPSA) is 112 Å². The number of hydrogen-bond acceptors (Lipinski definition) is 8. The summed E-state index contributed by atoms with van der Waals surface area (Å²) in [6.07, 6.45) is 0.412. The molecule has 32 heavy (non-hydrogen) atoms. The second-order valence-corrected chi connectivity index (χ2v) is 10.5. The van der Waals surface area contributed by atoms with E-state index >= 15 is 0 Å². The van der Waals surface area contributed by atoms with Gasteiger partial charge in [0.25, 0.3) is 0 Å². The quantitative estimate of drug-likeness (QED) is 0.706. The van der Waals surface area contributed by atoms with Crippen LogP contribution in [0.25, 0.3) is 0 Å². The second kappa shape index (κ2) is 6.67. The maximum atomic E-state index is 13.1. The van der Waals surface area contributed by atoms with E-state index in [1.54, 1.807) is 0 Å². The summed E-state index contributed by atoms with van der Waals surface area (Å²) in [6, 6.07) is 0. The molecule has 2 fully saturated rings. The molecule has 0 amide bonds. The molecular formula is C24H30O8. The van der Waals surface area contributed by atoms with E-state index in [-0.39, 0.29) is 18.0 Å². The monoisotopic (exact) mass is 446 g/mol. The molecule has 8 unspecified atom stereocenters. The molecule has 1 aliphatic heterocycles. The smallest absolute Gasteiger partial charge is 0.342 e.